The predicted octanol–water partition coefficient (Wildman–Crippen LogP) is 1.41. The maximum Gasteiger partial charge on any atom is 0.320 e. The largest absolute Gasteiger partial charge is 0.363 e. The Bertz CT molecular complexity index is 413. The number of nitrogens with two attached hydrogens (primary N) is 1. The van der Waals surface area contributed by atoms with E-state index in [2.05, 4.69) is 18.8 Å². The monoisotopic (exact) mass is 250 g/mol. The molecule has 2 heterocycles. The second-order valence-corrected chi connectivity index (χ2v) is 5.78. The van der Waals surface area contributed by atoms with Crippen LogP contribution < -0.4 is 5.73 Å². The van der Waals surface area contributed by atoms with Gasteiger partial charge in [-0.1, -0.05) is 13.8 Å². The summed E-state index contributed by atoms with van der Waals surface area (Å²) in [5, 5.41) is 0. The van der Waals surface area contributed by atoms with Crippen molar-refractivity contribution in [2.75, 3.05) is 26.7 Å². The minimum absolute atomic E-state index is 0.0406. The van der Waals surface area contributed by atoms with E-state index >= 15 is 0 Å². The van der Waals surface area contributed by atoms with Gasteiger partial charge in [-0.15, -0.1) is 0 Å². The number of likely N-dealkylation sites (N-methyl/N-ethyl adjacent to an activating group) is 1. The number of rotatable bonds is 4. The zero-order valence-corrected chi connectivity index (χ0v) is 11.3. The second kappa shape index (κ2) is 4.65. The molecule has 1 saturated heterocycles. The van der Waals surface area contributed by atoms with Gasteiger partial charge in [0.25, 0.3) is 0 Å². The highest BCUT2D eigenvalue weighted by molar-refractivity contribution is 5.77. The quantitative estimate of drug-likeness (QED) is 0.848. The van der Waals surface area contributed by atoms with Crippen molar-refractivity contribution in [3.05, 3.63) is 24.0 Å². The van der Waals surface area contributed by atoms with Crippen LogP contribution >= 0.6 is 0 Å². The van der Waals surface area contributed by atoms with Gasteiger partial charge in [0.15, 0.2) is 0 Å². The summed E-state index contributed by atoms with van der Waals surface area (Å²) < 4.78 is 0. The number of nitrogens with one attached hydrogen (secondary N) is 1. The first kappa shape index (κ1) is 13.0. The van der Waals surface area contributed by atoms with Gasteiger partial charge in [0, 0.05) is 32.0 Å². The lowest BCUT2D eigenvalue weighted by Gasteiger charge is -2.28. The average Bonchev–Trinajstić information content (AvgIpc) is 2.93. The molecule has 2 rings (SSSR count). The highest BCUT2D eigenvalue weighted by Crippen LogP contribution is 2.29. The molecule has 5 heteroatoms. The standard InChI is InChI=1S/C13H22N4O/c1-13(2,8-14)9-17-7-11(16(3)12(17)18)10-5-4-6-15-10/h4-6,11,15H,7-9,14H2,1-3H3. The zero-order valence-electron chi connectivity index (χ0n) is 11.3. The minimum atomic E-state index is -0.0406. The highest BCUT2D eigenvalue weighted by Gasteiger charge is 2.38. The van der Waals surface area contributed by atoms with Crippen LogP contribution in [0.25, 0.3) is 0 Å². The van der Waals surface area contributed by atoms with E-state index in [1.165, 1.54) is 0 Å². The molecule has 18 heavy (non-hydrogen) atoms. The first-order valence-electron chi connectivity index (χ1n) is 6.30. The third-order valence-corrected chi connectivity index (χ3v) is 3.59. The predicted molar refractivity (Wildman–Crippen MR) is 71.1 cm³/mol. The molecule has 1 fully saturated rings. The normalized spacial score (nSPS) is 20.9. The molecule has 1 unspecified atom stereocenters. The van der Waals surface area contributed by atoms with Gasteiger partial charge in [0.1, 0.15) is 0 Å². The fourth-order valence-corrected chi connectivity index (χ4v) is 2.34. The average molecular weight is 250 g/mol. The van der Waals surface area contributed by atoms with E-state index < -0.39 is 0 Å². The van der Waals surface area contributed by atoms with Crippen LogP contribution in [0.2, 0.25) is 0 Å². The molecule has 2 amide bonds. The summed E-state index contributed by atoms with van der Waals surface area (Å²) in [6, 6.07) is 4.17. The highest BCUT2D eigenvalue weighted by atomic mass is 16.2. The molecule has 0 aliphatic carbocycles. The molecule has 1 atom stereocenters. The third-order valence-electron chi connectivity index (χ3n) is 3.59. The lowest BCUT2D eigenvalue weighted by molar-refractivity contribution is 0.177. The number of urea groups is 1. The molecule has 1 aliphatic rings. The number of hydrogen-bond acceptors (Lipinski definition) is 2. The zero-order chi connectivity index (χ0) is 13.3. The molecule has 0 radical (unpaired) electrons. The van der Waals surface area contributed by atoms with Crippen LogP contribution in [-0.2, 0) is 0 Å². The van der Waals surface area contributed by atoms with Gasteiger partial charge in [-0.05, 0) is 24.1 Å². The number of nitrogens with zero attached hydrogens (tertiary/aromatic N) is 2. The molecule has 0 spiro atoms. The number of aromatic amines is 1. The summed E-state index contributed by atoms with van der Waals surface area (Å²) in [4.78, 5) is 19.1. The third kappa shape index (κ3) is 2.36. The van der Waals surface area contributed by atoms with Gasteiger partial charge in [-0.25, -0.2) is 4.79 Å². The number of amides is 2. The topological polar surface area (TPSA) is 65.4 Å². The molecule has 5 nitrogen and oxygen atoms in total. The van der Waals surface area contributed by atoms with Gasteiger partial charge in [-0.3, -0.25) is 0 Å². The van der Waals surface area contributed by atoms with Gasteiger partial charge >= 0.3 is 6.03 Å². The minimum Gasteiger partial charge on any atom is -0.363 e. The molecule has 1 aliphatic heterocycles. The molecule has 3 N–H and O–H groups in total. The van der Waals surface area contributed by atoms with Crippen LogP contribution in [-0.4, -0.2) is 47.5 Å². The summed E-state index contributed by atoms with van der Waals surface area (Å²) in [6.45, 7) is 6.17. The molecule has 100 valence electrons. The Morgan fingerprint density at radius 2 is 2.28 bits per heavy atom. The van der Waals surface area contributed by atoms with Crippen LogP contribution in [0.15, 0.2) is 18.3 Å². The van der Waals surface area contributed by atoms with E-state index in [9.17, 15) is 4.79 Å². The number of H-pyrrole nitrogens is 1. The Hall–Kier alpha value is -1.49. The first-order valence-corrected chi connectivity index (χ1v) is 6.30. The Labute approximate surface area is 108 Å². The van der Waals surface area contributed by atoms with Crippen molar-refractivity contribution in [3.63, 3.8) is 0 Å². The van der Waals surface area contributed by atoms with Gasteiger partial charge in [-0.2, -0.15) is 0 Å². The van der Waals surface area contributed by atoms with Gasteiger partial charge < -0.3 is 20.5 Å². The Balaban J connectivity index is 2.10. The van der Waals surface area contributed by atoms with E-state index in [-0.39, 0.29) is 17.5 Å². The molecule has 0 saturated carbocycles. The SMILES string of the molecule is CN1C(=O)N(CC(C)(C)CN)CC1c1ccc[nH]1. The summed E-state index contributed by atoms with van der Waals surface area (Å²) in [5.74, 6) is 0. The number of carbonyl (C=O) groups is 1. The van der Waals surface area contributed by atoms with E-state index in [0.29, 0.717) is 13.1 Å². The van der Waals surface area contributed by atoms with Crippen LogP contribution in [0.4, 0.5) is 4.79 Å². The van der Waals surface area contributed by atoms with Crippen molar-refractivity contribution < 1.29 is 4.79 Å². The number of hydrogen-bond donors (Lipinski definition) is 2. The van der Waals surface area contributed by atoms with Crippen molar-refractivity contribution in [2.24, 2.45) is 11.1 Å². The van der Waals surface area contributed by atoms with Gasteiger partial charge in [0.05, 0.1) is 6.04 Å². The van der Waals surface area contributed by atoms with E-state index in [0.717, 1.165) is 12.2 Å². The molecular weight excluding hydrogens is 228 g/mol. The van der Waals surface area contributed by atoms with E-state index in [1.807, 2.05) is 30.3 Å². The summed E-state index contributed by atoms with van der Waals surface area (Å²) in [5.41, 5.74) is 6.78. The maximum absolute atomic E-state index is 12.2. The lowest BCUT2D eigenvalue weighted by Crippen LogP contribution is -2.40. The van der Waals surface area contributed by atoms with E-state index in [4.69, 9.17) is 5.73 Å². The summed E-state index contributed by atoms with van der Waals surface area (Å²) in [6.07, 6.45) is 1.89. The van der Waals surface area contributed by atoms with Crippen LogP contribution in [0.5, 0.6) is 0 Å². The first-order chi connectivity index (χ1) is 8.44. The molecule has 1 aromatic rings. The maximum atomic E-state index is 12.2. The lowest BCUT2D eigenvalue weighted by atomic mass is 9.93. The second-order valence-electron chi connectivity index (χ2n) is 5.78. The molecule has 0 bridgehead atoms. The van der Waals surface area contributed by atoms with Crippen molar-refractivity contribution >= 4 is 6.03 Å². The van der Waals surface area contributed by atoms with Crippen molar-refractivity contribution in [1.82, 2.24) is 14.8 Å². The van der Waals surface area contributed by atoms with Crippen molar-refractivity contribution in [1.29, 1.82) is 0 Å². The fraction of sp³-hybridized carbons (Fsp3) is 0.615. The van der Waals surface area contributed by atoms with Gasteiger partial charge in [0.2, 0.25) is 0 Å². The molecule has 0 aromatic carbocycles. The summed E-state index contributed by atoms with van der Waals surface area (Å²) in [7, 11) is 1.85. The van der Waals surface area contributed by atoms with E-state index in [1.54, 1.807) is 4.90 Å². The smallest absolute Gasteiger partial charge is 0.320 e. The van der Waals surface area contributed by atoms with Crippen LogP contribution in [0.1, 0.15) is 25.6 Å². The van der Waals surface area contributed by atoms with Crippen LogP contribution in [0, 0.1) is 5.41 Å². The Morgan fingerprint density at radius 3 is 2.83 bits per heavy atom. The van der Waals surface area contributed by atoms with Crippen molar-refractivity contribution in [2.45, 2.75) is 19.9 Å². The fourth-order valence-electron chi connectivity index (χ4n) is 2.34. The molecular formula is C13H22N4O. The summed E-state index contributed by atoms with van der Waals surface area (Å²) >= 11 is 0. The number of aromatic nitrogens is 1. The Kier molecular flexibility index (Phi) is 3.34. The van der Waals surface area contributed by atoms with Crippen molar-refractivity contribution in [3.8, 4) is 0 Å². The Morgan fingerprint density at radius 1 is 1.56 bits per heavy atom. The number of carbonyl (C=O) groups excluding carboxylic acids is 1. The molecule has 1 aromatic heterocycles. The van der Waals surface area contributed by atoms with Crippen LogP contribution in [0.3, 0.4) is 0 Å².